The summed E-state index contributed by atoms with van der Waals surface area (Å²) < 4.78 is 0. The molecule has 0 heterocycles. The maximum absolute atomic E-state index is 11.4. The summed E-state index contributed by atoms with van der Waals surface area (Å²) in [7, 11) is 0. The zero-order chi connectivity index (χ0) is 12.7. The molecule has 0 saturated heterocycles. The minimum absolute atomic E-state index is 0.0118. The Bertz CT molecular complexity index is 460. The van der Waals surface area contributed by atoms with Crippen molar-refractivity contribution in [2.75, 3.05) is 23.9 Å². The number of carbonyl (C=O) groups is 1. The second-order valence-electron chi connectivity index (χ2n) is 3.52. The van der Waals surface area contributed by atoms with Gasteiger partial charge in [0.1, 0.15) is 0 Å². The second kappa shape index (κ2) is 7.00. The van der Waals surface area contributed by atoms with E-state index in [4.69, 9.17) is 5.73 Å². The number of anilines is 1. The molecule has 0 aliphatic rings. The van der Waals surface area contributed by atoms with Gasteiger partial charge in [-0.05, 0) is 36.9 Å². The van der Waals surface area contributed by atoms with Crippen molar-refractivity contribution < 1.29 is 4.79 Å². The number of hydrogen-bond acceptors (Lipinski definition) is 3. The Hall–Kier alpha value is -1.44. The van der Waals surface area contributed by atoms with Crippen LogP contribution < -0.4 is 11.1 Å². The van der Waals surface area contributed by atoms with E-state index in [0.29, 0.717) is 12.3 Å². The van der Waals surface area contributed by atoms with E-state index in [1.807, 2.05) is 31.4 Å². The molecule has 0 fully saturated rings. The van der Waals surface area contributed by atoms with Gasteiger partial charge in [0.15, 0.2) is 0 Å². The van der Waals surface area contributed by atoms with Crippen LogP contribution in [-0.2, 0) is 4.79 Å². The average Bonchev–Trinajstić information content (AvgIpc) is 2.28. The molecule has 0 atom stereocenters. The number of thioether (sulfide) groups is 1. The highest BCUT2D eigenvalue weighted by atomic mass is 32.2. The molecule has 1 aromatic carbocycles. The van der Waals surface area contributed by atoms with Gasteiger partial charge in [0, 0.05) is 11.3 Å². The number of hydrogen-bond donors (Lipinski definition) is 2. The molecule has 4 heteroatoms. The van der Waals surface area contributed by atoms with Crippen LogP contribution in [0.15, 0.2) is 18.2 Å². The van der Waals surface area contributed by atoms with Gasteiger partial charge in [0.05, 0.1) is 12.3 Å². The van der Waals surface area contributed by atoms with Crippen LogP contribution in [0.4, 0.5) is 5.69 Å². The SMILES string of the molecule is CSCC(=O)Nc1ccc(C#CCN)c(C)c1. The predicted octanol–water partition coefficient (Wildman–Crippen LogP) is 1.61. The van der Waals surface area contributed by atoms with Gasteiger partial charge in [-0.15, -0.1) is 0 Å². The molecule has 0 saturated carbocycles. The van der Waals surface area contributed by atoms with E-state index in [9.17, 15) is 4.79 Å². The molecule has 17 heavy (non-hydrogen) atoms. The first-order valence-electron chi connectivity index (χ1n) is 5.25. The van der Waals surface area contributed by atoms with Crippen LogP contribution >= 0.6 is 11.8 Å². The van der Waals surface area contributed by atoms with Crippen molar-refractivity contribution in [1.29, 1.82) is 0 Å². The van der Waals surface area contributed by atoms with Gasteiger partial charge in [0.2, 0.25) is 5.91 Å². The zero-order valence-corrected chi connectivity index (χ0v) is 10.9. The number of nitrogens with two attached hydrogens (primary N) is 1. The summed E-state index contributed by atoms with van der Waals surface area (Å²) in [6.45, 7) is 2.32. The minimum atomic E-state index is 0.0118. The average molecular weight is 248 g/mol. The molecular weight excluding hydrogens is 232 g/mol. The first-order valence-corrected chi connectivity index (χ1v) is 6.65. The molecule has 3 N–H and O–H groups in total. The third-order valence-corrected chi connectivity index (χ3v) is 2.66. The fraction of sp³-hybridized carbons (Fsp3) is 0.308. The van der Waals surface area contributed by atoms with Gasteiger partial charge in [-0.3, -0.25) is 4.79 Å². The minimum Gasteiger partial charge on any atom is -0.325 e. The van der Waals surface area contributed by atoms with Crippen LogP contribution in [0.1, 0.15) is 11.1 Å². The Morgan fingerprint density at radius 2 is 2.29 bits per heavy atom. The van der Waals surface area contributed by atoms with Crippen molar-refractivity contribution in [2.24, 2.45) is 5.73 Å². The summed E-state index contributed by atoms with van der Waals surface area (Å²) in [5.41, 5.74) is 8.11. The van der Waals surface area contributed by atoms with Gasteiger partial charge < -0.3 is 11.1 Å². The molecule has 3 nitrogen and oxygen atoms in total. The van der Waals surface area contributed by atoms with E-state index in [1.54, 1.807) is 0 Å². The molecule has 0 aliphatic heterocycles. The number of aryl methyl sites for hydroxylation is 1. The highest BCUT2D eigenvalue weighted by Gasteiger charge is 2.02. The Morgan fingerprint density at radius 3 is 2.88 bits per heavy atom. The number of benzene rings is 1. The van der Waals surface area contributed by atoms with Crippen LogP contribution in [0.3, 0.4) is 0 Å². The second-order valence-corrected chi connectivity index (χ2v) is 4.38. The third kappa shape index (κ3) is 4.51. The van der Waals surface area contributed by atoms with Gasteiger partial charge in [-0.2, -0.15) is 11.8 Å². The van der Waals surface area contributed by atoms with Crippen molar-refractivity contribution in [3.63, 3.8) is 0 Å². The first kappa shape index (κ1) is 13.6. The van der Waals surface area contributed by atoms with Gasteiger partial charge >= 0.3 is 0 Å². The number of amides is 1. The lowest BCUT2D eigenvalue weighted by molar-refractivity contribution is -0.113. The Morgan fingerprint density at radius 1 is 1.53 bits per heavy atom. The normalized spacial score (nSPS) is 9.35. The Labute approximate surface area is 106 Å². The molecule has 90 valence electrons. The monoisotopic (exact) mass is 248 g/mol. The summed E-state index contributed by atoms with van der Waals surface area (Å²) in [6, 6.07) is 5.66. The lowest BCUT2D eigenvalue weighted by Crippen LogP contribution is -2.13. The van der Waals surface area contributed by atoms with Crippen LogP contribution in [0, 0.1) is 18.8 Å². The topological polar surface area (TPSA) is 55.1 Å². The fourth-order valence-electron chi connectivity index (χ4n) is 1.36. The maximum atomic E-state index is 11.4. The standard InChI is InChI=1S/C13H16N2OS/c1-10-8-12(15-13(16)9-17-2)6-5-11(10)4-3-7-14/h5-6,8H,7,9,14H2,1-2H3,(H,15,16). The van der Waals surface area contributed by atoms with E-state index in [2.05, 4.69) is 17.2 Å². The summed E-state index contributed by atoms with van der Waals surface area (Å²) >= 11 is 1.50. The number of rotatable bonds is 3. The zero-order valence-electron chi connectivity index (χ0n) is 10.0. The lowest BCUT2D eigenvalue weighted by Gasteiger charge is -2.06. The molecule has 1 amide bonds. The molecule has 0 aliphatic carbocycles. The van der Waals surface area contributed by atoms with Crippen molar-refractivity contribution in [3.05, 3.63) is 29.3 Å². The highest BCUT2D eigenvalue weighted by molar-refractivity contribution is 7.99. The molecular formula is C13H16N2OS. The summed E-state index contributed by atoms with van der Waals surface area (Å²) in [5, 5.41) is 2.83. The Balaban J connectivity index is 2.78. The van der Waals surface area contributed by atoms with Crippen LogP contribution in [0.5, 0.6) is 0 Å². The van der Waals surface area contributed by atoms with Crippen molar-refractivity contribution in [2.45, 2.75) is 6.92 Å². The quantitative estimate of drug-likeness (QED) is 0.799. The molecule has 0 unspecified atom stereocenters. The highest BCUT2D eigenvalue weighted by Crippen LogP contribution is 2.14. The maximum Gasteiger partial charge on any atom is 0.234 e. The Kier molecular flexibility index (Phi) is 5.61. The van der Waals surface area contributed by atoms with Crippen molar-refractivity contribution in [3.8, 4) is 11.8 Å². The van der Waals surface area contributed by atoms with E-state index >= 15 is 0 Å². The number of carbonyl (C=O) groups excluding carboxylic acids is 1. The van der Waals surface area contributed by atoms with Crippen LogP contribution in [0.2, 0.25) is 0 Å². The molecule has 0 radical (unpaired) electrons. The number of nitrogens with one attached hydrogen (secondary N) is 1. The van der Waals surface area contributed by atoms with E-state index < -0.39 is 0 Å². The lowest BCUT2D eigenvalue weighted by atomic mass is 10.1. The van der Waals surface area contributed by atoms with E-state index in [1.165, 1.54) is 11.8 Å². The smallest absolute Gasteiger partial charge is 0.234 e. The fourth-order valence-corrected chi connectivity index (χ4v) is 1.69. The van der Waals surface area contributed by atoms with Gasteiger partial charge in [0.25, 0.3) is 0 Å². The van der Waals surface area contributed by atoms with Crippen LogP contribution in [-0.4, -0.2) is 24.5 Å². The summed E-state index contributed by atoms with van der Waals surface area (Å²) in [4.78, 5) is 11.4. The van der Waals surface area contributed by atoms with Crippen LogP contribution in [0.25, 0.3) is 0 Å². The molecule has 0 aromatic heterocycles. The predicted molar refractivity (Wildman–Crippen MR) is 74.1 cm³/mol. The molecule has 0 bridgehead atoms. The van der Waals surface area contributed by atoms with E-state index in [-0.39, 0.29) is 5.91 Å². The molecule has 1 aromatic rings. The van der Waals surface area contributed by atoms with Gasteiger partial charge in [-0.1, -0.05) is 11.8 Å². The summed E-state index contributed by atoms with van der Waals surface area (Å²) in [5.74, 6) is 6.28. The van der Waals surface area contributed by atoms with Gasteiger partial charge in [-0.25, -0.2) is 0 Å². The summed E-state index contributed by atoms with van der Waals surface area (Å²) in [6.07, 6.45) is 1.90. The molecule has 0 spiro atoms. The first-order chi connectivity index (χ1) is 8.17. The largest absolute Gasteiger partial charge is 0.325 e. The van der Waals surface area contributed by atoms with E-state index in [0.717, 1.165) is 16.8 Å². The van der Waals surface area contributed by atoms with Crippen molar-refractivity contribution in [1.82, 2.24) is 0 Å². The third-order valence-electron chi connectivity index (χ3n) is 2.11. The molecule has 1 rings (SSSR count). The van der Waals surface area contributed by atoms with Crippen molar-refractivity contribution >= 4 is 23.4 Å².